The van der Waals surface area contributed by atoms with E-state index >= 15 is 0 Å². The van der Waals surface area contributed by atoms with Gasteiger partial charge in [0, 0.05) is 5.69 Å². The molecule has 0 saturated carbocycles. The van der Waals surface area contributed by atoms with Gasteiger partial charge in [0.25, 0.3) is 0 Å². The Bertz CT molecular complexity index is 960. The predicted molar refractivity (Wildman–Crippen MR) is 114 cm³/mol. The molecule has 2 rings (SSSR count). The van der Waals surface area contributed by atoms with E-state index in [4.69, 9.17) is 16.3 Å². The molecular weight excluding hydrogens is 400 g/mol. The number of amides is 1. The minimum atomic E-state index is -3.74. The number of carbonyl (C=O) groups excluding carboxylic acids is 1. The third kappa shape index (κ3) is 4.97. The second kappa shape index (κ2) is 8.84. The monoisotopic (exact) mass is 424 g/mol. The van der Waals surface area contributed by atoms with E-state index in [2.05, 4.69) is 5.32 Å². The molecule has 0 bridgehead atoms. The first-order chi connectivity index (χ1) is 13.1. The molecule has 0 unspecified atom stereocenters. The van der Waals surface area contributed by atoms with Gasteiger partial charge >= 0.3 is 0 Å². The molecule has 0 aliphatic carbocycles. The van der Waals surface area contributed by atoms with Crippen molar-refractivity contribution in [2.75, 3.05) is 23.0 Å². The van der Waals surface area contributed by atoms with Crippen LogP contribution in [0.5, 0.6) is 5.75 Å². The Labute approximate surface area is 171 Å². The number of sulfonamides is 1. The molecule has 1 N–H and O–H groups in total. The van der Waals surface area contributed by atoms with Crippen molar-refractivity contribution in [1.29, 1.82) is 0 Å². The Morgan fingerprint density at radius 1 is 1.14 bits per heavy atom. The number of halogens is 1. The highest BCUT2D eigenvalue weighted by molar-refractivity contribution is 7.92. The number of hydrogen-bond acceptors (Lipinski definition) is 4. The zero-order chi connectivity index (χ0) is 21.1. The van der Waals surface area contributed by atoms with Gasteiger partial charge in [-0.05, 0) is 42.7 Å². The lowest BCUT2D eigenvalue weighted by Gasteiger charge is -2.29. The largest absolute Gasteiger partial charge is 0.495 e. The molecule has 28 heavy (non-hydrogen) atoms. The Morgan fingerprint density at radius 2 is 1.79 bits per heavy atom. The van der Waals surface area contributed by atoms with Gasteiger partial charge in [0.2, 0.25) is 15.9 Å². The molecule has 0 aromatic heterocycles. The fourth-order valence-electron chi connectivity index (χ4n) is 2.95. The molecule has 0 spiro atoms. The maximum atomic E-state index is 12.9. The van der Waals surface area contributed by atoms with Crippen LogP contribution in [0.4, 0.5) is 11.4 Å². The molecular formula is C20H25ClN2O4S. The van der Waals surface area contributed by atoms with Crippen molar-refractivity contribution < 1.29 is 17.9 Å². The lowest BCUT2D eigenvalue weighted by molar-refractivity contribution is -0.116. The Morgan fingerprint density at radius 3 is 2.32 bits per heavy atom. The second-order valence-corrected chi connectivity index (χ2v) is 9.05. The average Bonchev–Trinajstić information content (AvgIpc) is 2.61. The molecule has 0 heterocycles. The van der Waals surface area contributed by atoms with E-state index in [0.717, 1.165) is 16.1 Å². The number of rotatable bonds is 7. The summed E-state index contributed by atoms with van der Waals surface area (Å²) in [6, 6.07) is 11.1. The van der Waals surface area contributed by atoms with Crippen molar-refractivity contribution in [3.05, 3.63) is 53.1 Å². The van der Waals surface area contributed by atoms with Gasteiger partial charge in [-0.1, -0.05) is 43.6 Å². The zero-order valence-electron chi connectivity index (χ0n) is 16.6. The van der Waals surface area contributed by atoms with Crippen molar-refractivity contribution in [2.45, 2.75) is 32.7 Å². The Hall–Kier alpha value is -2.25. The van der Waals surface area contributed by atoms with E-state index in [1.165, 1.54) is 20.1 Å². The van der Waals surface area contributed by atoms with Gasteiger partial charge in [-0.15, -0.1) is 0 Å². The summed E-state index contributed by atoms with van der Waals surface area (Å²) in [6.45, 7) is 5.58. The maximum absolute atomic E-state index is 12.9. The van der Waals surface area contributed by atoms with E-state index in [1.807, 2.05) is 32.0 Å². The van der Waals surface area contributed by atoms with Crippen LogP contribution in [0.2, 0.25) is 5.02 Å². The Kier molecular flexibility index (Phi) is 6.96. The van der Waals surface area contributed by atoms with Crippen LogP contribution in [0.25, 0.3) is 0 Å². The Balaban J connectivity index is 2.38. The molecule has 8 heteroatoms. The zero-order valence-corrected chi connectivity index (χ0v) is 18.1. The number of anilines is 2. The van der Waals surface area contributed by atoms with Crippen LogP contribution >= 0.6 is 11.6 Å². The van der Waals surface area contributed by atoms with E-state index in [0.29, 0.717) is 11.4 Å². The minimum Gasteiger partial charge on any atom is -0.495 e. The molecule has 0 radical (unpaired) electrons. The molecule has 1 amide bonds. The minimum absolute atomic E-state index is 0.207. The summed E-state index contributed by atoms with van der Waals surface area (Å²) in [5, 5.41) is 3.10. The van der Waals surface area contributed by atoms with Crippen LogP contribution in [0.15, 0.2) is 42.5 Å². The molecule has 152 valence electrons. The number of benzene rings is 2. The predicted octanol–water partition coefficient (Wildman–Crippen LogP) is 4.27. The molecule has 0 fully saturated rings. The van der Waals surface area contributed by atoms with Crippen LogP contribution in [0.3, 0.4) is 0 Å². The number of para-hydroxylation sites is 1. The van der Waals surface area contributed by atoms with Crippen LogP contribution in [-0.2, 0) is 14.8 Å². The van der Waals surface area contributed by atoms with Gasteiger partial charge in [-0.25, -0.2) is 8.42 Å². The molecule has 2 aromatic rings. The lowest BCUT2D eigenvalue weighted by atomic mass is 10.0. The standard InChI is InChI=1S/C20H25ClN2O4S/c1-13(2)16-8-6-7-9-18(16)22-20(24)14(3)23(28(5,25)26)15-10-11-19(27-4)17(21)12-15/h6-14H,1-5H3,(H,22,24)/t14-/m1/s1. The summed E-state index contributed by atoms with van der Waals surface area (Å²) in [4.78, 5) is 12.9. The second-order valence-electron chi connectivity index (χ2n) is 6.78. The summed E-state index contributed by atoms with van der Waals surface area (Å²) >= 11 is 6.15. The van der Waals surface area contributed by atoms with Gasteiger partial charge in [-0.2, -0.15) is 0 Å². The van der Waals surface area contributed by atoms with Crippen LogP contribution < -0.4 is 14.4 Å². The quantitative estimate of drug-likeness (QED) is 0.720. The summed E-state index contributed by atoms with van der Waals surface area (Å²) in [7, 11) is -2.27. The van der Waals surface area contributed by atoms with Crippen LogP contribution in [0, 0.1) is 0 Å². The first-order valence-electron chi connectivity index (χ1n) is 8.79. The third-order valence-electron chi connectivity index (χ3n) is 4.32. The van der Waals surface area contributed by atoms with Gasteiger partial charge in [0.05, 0.1) is 24.1 Å². The van der Waals surface area contributed by atoms with Crippen LogP contribution in [0.1, 0.15) is 32.3 Å². The number of nitrogens with one attached hydrogen (secondary N) is 1. The number of ether oxygens (including phenoxy) is 1. The van der Waals surface area contributed by atoms with Crippen molar-refractivity contribution in [2.24, 2.45) is 0 Å². The molecule has 0 saturated heterocycles. The van der Waals surface area contributed by atoms with Crippen molar-refractivity contribution in [1.82, 2.24) is 0 Å². The van der Waals surface area contributed by atoms with Gasteiger partial charge in [0.15, 0.2) is 0 Å². The number of carbonyl (C=O) groups is 1. The van der Waals surface area contributed by atoms with Gasteiger partial charge < -0.3 is 10.1 Å². The lowest BCUT2D eigenvalue weighted by Crippen LogP contribution is -2.45. The normalized spacial score (nSPS) is 12.5. The summed E-state index contributed by atoms with van der Waals surface area (Å²) in [5.41, 5.74) is 1.92. The fourth-order valence-corrected chi connectivity index (χ4v) is 4.37. The highest BCUT2D eigenvalue weighted by atomic mass is 35.5. The first-order valence-corrected chi connectivity index (χ1v) is 11.0. The molecule has 1 atom stereocenters. The first kappa shape index (κ1) is 22.0. The van der Waals surface area contributed by atoms with Crippen molar-refractivity contribution in [3.8, 4) is 5.75 Å². The molecule has 0 aliphatic heterocycles. The van der Waals surface area contributed by atoms with E-state index in [1.54, 1.807) is 18.2 Å². The van der Waals surface area contributed by atoms with E-state index in [-0.39, 0.29) is 16.6 Å². The summed E-state index contributed by atoms with van der Waals surface area (Å²) in [6.07, 6.45) is 1.05. The van der Waals surface area contributed by atoms with E-state index < -0.39 is 22.0 Å². The molecule has 0 aliphatic rings. The highest BCUT2D eigenvalue weighted by Crippen LogP contribution is 2.31. The summed E-state index contributed by atoms with van der Waals surface area (Å²) < 4.78 is 31.0. The summed E-state index contributed by atoms with van der Waals surface area (Å²) in [5.74, 6) is 0.186. The van der Waals surface area contributed by atoms with Crippen molar-refractivity contribution >= 4 is 38.9 Å². The van der Waals surface area contributed by atoms with E-state index in [9.17, 15) is 13.2 Å². The van der Waals surface area contributed by atoms with Gasteiger partial charge in [-0.3, -0.25) is 9.10 Å². The fraction of sp³-hybridized carbons (Fsp3) is 0.350. The van der Waals surface area contributed by atoms with Crippen molar-refractivity contribution in [3.63, 3.8) is 0 Å². The topological polar surface area (TPSA) is 75.7 Å². The number of methoxy groups -OCH3 is 1. The SMILES string of the molecule is COc1ccc(N([C@H](C)C(=O)Nc2ccccc2C(C)C)S(C)(=O)=O)cc1Cl. The van der Waals surface area contributed by atoms with Crippen LogP contribution in [-0.4, -0.2) is 33.7 Å². The molecule has 2 aromatic carbocycles. The van der Waals surface area contributed by atoms with Gasteiger partial charge in [0.1, 0.15) is 11.8 Å². The average molecular weight is 425 g/mol. The highest BCUT2D eigenvalue weighted by Gasteiger charge is 2.30. The third-order valence-corrected chi connectivity index (χ3v) is 5.86. The molecule has 6 nitrogen and oxygen atoms in total. The number of nitrogens with zero attached hydrogens (tertiary/aromatic N) is 1. The number of hydrogen-bond donors (Lipinski definition) is 1. The maximum Gasteiger partial charge on any atom is 0.248 e. The smallest absolute Gasteiger partial charge is 0.248 e.